The minimum Gasteiger partial charge on any atom is -0.361 e. The summed E-state index contributed by atoms with van der Waals surface area (Å²) in [6, 6.07) is 5.48. The van der Waals surface area contributed by atoms with Crippen molar-refractivity contribution in [3.8, 4) is 0 Å². The molecule has 116 valence electrons. The number of hydrogen-bond acceptors (Lipinski definition) is 2. The van der Waals surface area contributed by atoms with Gasteiger partial charge in [0.25, 0.3) is 0 Å². The number of fused-ring (bicyclic) bond motifs is 1. The molecule has 0 radical (unpaired) electrons. The van der Waals surface area contributed by atoms with E-state index in [0.717, 1.165) is 16.5 Å². The topological polar surface area (TPSA) is 62.0 Å². The average Bonchev–Trinajstić information content (AvgIpc) is 2.86. The zero-order valence-corrected chi connectivity index (χ0v) is 13.4. The molecule has 1 aromatic heterocycles. The van der Waals surface area contributed by atoms with Crippen LogP contribution < -0.4 is 4.72 Å². The molecule has 0 unspecified atom stereocenters. The van der Waals surface area contributed by atoms with E-state index in [2.05, 4.69) is 9.71 Å². The maximum absolute atomic E-state index is 11.7. The third kappa shape index (κ3) is 4.30. The van der Waals surface area contributed by atoms with Crippen molar-refractivity contribution in [2.45, 2.75) is 12.2 Å². The number of benzene rings is 1. The molecule has 1 aromatic carbocycles. The Kier molecular flexibility index (Phi) is 3.36. The highest BCUT2D eigenvalue weighted by atomic mass is 32.2. The first-order valence-corrected chi connectivity index (χ1v) is 8.44. The van der Waals surface area contributed by atoms with Crippen molar-refractivity contribution < 1.29 is 17.0 Å². The van der Waals surface area contributed by atoms with E-state index in [9.17, 15) is 8.42 Å². The quantitative estimate of drug-likeness (QED) is 0.793. The van der Waals surface area contributed by atoms with Gasteiger partial charge in [-0.3, -0.25) is 0 Å². The van der Waals surface area contributed by atoms with Gasteiger partial charge in [0.1, 0.15) is 0 Å². The van der Waals surface area contributed by atoms with Crippen LogP contribution >= 0.6 is 0 Å². The molecule has 0 atom stereocenters. The number of aromatic nitrogens is 1. The minimum absolute atomic E-state index is 0.0759. The lowest BCUT2D eigenvalue weighted by molar-refractivity contribution is -0.870. The third-order valence-corrected chi connectivity index (χ3v) is 4.78. The molecule has 5 nitrogen and oxygen atoms in total. The molecule has 0 saturated heterocycles. The highest BCUT2D eigenvalue weighted by molar-refractivity contribution is 7.88. The molecule has 0 aliphatic carbocycles. The highest BCUT2D eigenvalue weighted by Gasteiger charge is 2.13. The van der Waals surface area contributed by atoms with Gasteiger partial charge >= 0.3 is 0 Å². The largest absolute Gasteiger partial charge is 0.361 e. The molecule has 6 heteroatoms. The minimum atomic E-state index is -3.33. The maximum atomic E-state index is 11.7. The molecule has 2 aromatic rings. The fourth-order valence-electron chi connectivity index (χ4n) is 2.21. The maximum Gasteiger partial charge on any atom is 0.215 e. The van der Waals surface area contributed by atoms with Crippen LogP contribution in [-0.4, -0.2) is 52.5 Å². The van der Waals surface area contributed by atoms with Gasteiger partial charge in [0.15, 0.2) is 0 Å². The summed E-state index contributed by atoms with van der Waals surface area (Å²) in [5.41, 5.74) is 2.60. The SMILES string of the molecule is [2H]C([2H])([2H])[N+](C)(C)CCc1c[nH]c2ccc(CS(=O)(=O)NC)cc12. The molecular formula is C15H24N3O2S+. The smallest absolute Gasteiger partial charge is 0.215 e. The number of quaternary nitrogens is 1. The van der Waals surface area contributed by atoms with E-state index in [0.29, 0.717) is 18.5 Å². The number of nitrogens with zero attached hydrogens (tertiary/aromatic N) is 1. The van der Waals surface area contributed by atoms with Gasteiger partial charge in [-0.25, -0.2) is 13.1 Å². The first kappa shape index (κ1) is 12.2. The lowest BCUT2D eigenvalue weighted by Crippen LogP contribution is -2.36. The molecule has 21 heavy (non-hydrogen) atoms. The van der Waals surface area contributed by atoms with Crippen LogP contribution in [-0.2, 0) is 22.2 Å². The first-order chi connectivity index (χ1) is 11.0. The second-order valence-electron chi connectivity index (χ2n) is 5.82. The van der Waals surface area contributed by atoms with E-state index in [1.54, 1.807) is 20.2 Å². The number of H-pyrrole nitrogens is 1. The van der Waals surface area contributed by atoms with Crippen LogP contribution in [0.2, 0.25) is 0 Å². The highest BCUT2D eigenvalue weighted by Crippen LogP contribution is 2.21. The number of aromatic amines is 1. The zero-order chi connectivity index (χ0) is 18.2. The third-order valence-electron chi connectivity index (χ3n) is 3.44. The second kappa shape index (κ2) is 5.79. The van der Waals surface area contributed by atoms with E-state index < -0.39 is 17.0 Å². The fourth-order valence-corrected chi connectivity index (χ4v) is 2.98. The standard InChI is InChI=1S/C15H24N3O2S/c1-16-21(19,20)11-12-5-6-15-14(9-12)13(10-17-15)7-8-18(2,3)4/h5-6,9-10,16-17H,7-8,11H2,1-4H3/q+1/i2D3. The molecule has 0 amide bonds. The lowest BCUT2D eigenvalue weighted by atomic mass is 10.1. The fraction of sp³-hybridized carbons (Fsp3) is 0.467. The van der Waals surface area contributed by atoms with Crippen molar-refractivity contribution >= 4 is 20.9 Å². The van der Waals surface area contributed by atoms with Crippen molar-refractivity contribution in [1.29, 1.82) is 0 Å². The van der Waals surface area contributed by atoms with E-state index in [1.807, 2.05) is 18.3 Å². The number of sulfonamides is 1. The number of nitrogens with one attached hydrogen (secondary N) is 2. The van der Waals surface area contributed by atoms with Crippen LogP contribution in [0.4, 0.5) is 0 Å². The number of rotatable bonds is 6. The van der Waals surface area contributed by atoms with Gasteiger partial charge in [-0.05, 0) is 30.3 Å². The van der Waals surface area contributed by atoms with Crippen molar-refractivity contribution in [3.63, 3.8) is 0 Å². The molecule has 2 rings (SSSR count). The van der Waals surface area contributed by atoms with E-state index in [4.69, 9.17) is 4.11 Å². The molecule has 0 aliphatic rings. The summed E-state index contributed by atoms with van der Waals surface area (Å²) >= 11 is 0. The molecule has 0 spiro atoms. The van der Waals surface area contributed by atoms with Crippen LogP contribution in [0.5, 0.6) is 0 Å². The Morgan fingerprint density at radius 2 is 2.14 bits per heavy atom. The van der Waals surface area contributed by atoms with Crippen molar-refractivity contribution in [3.05, 3.63) is 35.5 Å². The number of hydrogen-bond donors (Lipinski definition) is 2. The van der Waals surface area contributed by atoms with Gasteiger partial charge in [-0.15, -0.1) is 0 Å². The van der Waals surface area contributed by atoms with E-state index in [1.165, 1.54) is 7.05 Å². The van der Waals surface area contributed by atoms with Gasteiger partial charge in [0.2, 0.25) is 10.0 Å². The Morgan fingerprint density at radius 1 is 1.38 bits per heavy atom. The Hall–Kier alpha value is -1.37. The normalized spacial score (nSPS) is 15.7. The summed E-state index contributed by atoms with van der Waals surface area (Å²) in [5, 5.41) is 0.935. The first-order valence-electron chi connectivity index (χ1n) is 8.28. The predicted molar refractivity (Wildman–Crippen MR) is 86.6 cm³/mol. The van der Waals surface area contributed by atoms with Gasteiger partial charge in [0.05, 0.1) is 37.5 Å². The van der Waals surface area contributed by atoms with Gasteiger partial charge < -0.3 is 9.47 Å². The average molecular weight is 313 g/mol. The van der Waals surface area contributed by atoms with Gasteiger partial charge in [-0.2, -0.15) is 0 Å². The summed E-state index contributed by atoms with van der Waals surface area (Å²) in [5.74, 6) is -0.0825. The summed E-state index contributed by atoms with van der Waals surface area (Å²) < 4.78 is 48.5. The molecule has 0 bridgehead atoms. The summed E-state index contributed by atoms with van der Waals surface area (Å²) in [4.78, 5) is 3.15. The second-order valence-corrected chi connectivity index (χ2v) is 7.74. The monoisotopic (exact) mass is 313 g/mol. The van der Waals surface area contributed by atoms with Crippen LogP contribution in [0.15, 0.2) is 24.4 Å². The molecule has 0 saturated carbocycles. The Bertz CT molecular complexity index is 826. The Balaban J connectivity index is 2.26. The van der Waals surface area contributed by atoms with Crippen LogP contribution in [0, 0.1) is 0 Å². The summed E-state index contributed by atoms with van der Waals surface area (Å²) in [6.07, 6.45) is 2.45. The van der Waals surface area contributed by atoms with Crippen molar-refractivity contribution in [2.75, 3.05) is 34.7 Å². The number of likely N-dealkylation sites (N-methyl/N-ethyl adjacent to an activating group) is 1. The van der Waals surface area contributed by atoms with Crippen LogP contribution in [0.1, 0.15) is 15.2 Å². The van der Waals surface area contributed by atoms with E-state index >= 15 is 0 Å². The molecule has 1 heterocycles. The van der Waals surface area contributed by atoms with Crippen LogP contribution in [0.25, 0.3) is 10.9 Å². The Morgan fingerprint density at radius 3 is 2.81 bits per heavy atom. The molecule has 0 aliphatic heterocycles. The van der Waals surface area contributed by atoms with Gasteiger partial charge in [0, 0.05) is 23.5 Å². The predicted octanol–water partition coefficient (Wildman–Crippen LogP) is 1.47. The Labute approximate surface area is 130 Å². The lowest BCUT2D eigenvalue weighted by Gasteiger charge is -2.23. The van der Waals surface area contributed by atoms with Gasteiger partial charge in [-0.1, -0.05) is 6.07 Å². The van der Waals surface area contributed by atoms with Crippen molar-refractivity contribution in [1.82, 2.24) is 9.71 Å². The van der Waals surface area contributed by atoms with E-state index in [-0.39, 0.29) is 10.2 Å². The molecule has 0 fully saturated rings. The van der Waals surface area contributed by atoms with Crippen molar-refractivity contribution in [2.24, 2.45) is 0 Å². The molecule has 2 N–H and O–H groups in total. The summed E-state index contributed by atoms with van der Waals surface area (Å²) in [7, 11) is 1.44. The van der Waals surface area contributed by atoms with Crippen LogP contribution in [0.3, 0.4) is 0 Å². The zero-order valence-electron chi connectivity index (χ0n) is 15.6. The summed E-state index contributed by atoms with van der Waals surface area (Å²) in [6.45, 7) is -1.61. The molecular weight excluding hydrogens is 286 g/mol.